The number of hydrogen-bond acceptors (Lipinski definition) is 3. The van der Waals surface area contributed by atoms with Gasteiger partial charge in [0, 0.05) is 0 Å². The summed E-state index contributed by atoms with van der Waals surface area (Å²) in [6.45, 7) is 2.63. The van der Waals surface area contributed by atoms with Gasteiger partial charge in [0.2, 0.25) is 0 Å². The smallest absolute Gasteiger partial charge is 0.303 e. The normalized spacial score (nSPS) is 30.7. The third-order valence-electron chi connectivity index (χ3n) is 3.26. The Bertz CT molecular complexity index is 223. The molecule has 2 fully saturated rings. The maximum absolute atomic E-state index is 10.6. The number of carboxylic acid groups (broad SMARTS) is 1. The molecule has 0 aromatic carbocycles. The molecule has 2 heterocycles. The first kappa shape index (κ1) is 9.93. The number of ether oxygens (including phenoxy) is 1. The minimum absolute atomic E-state index is 0.00532. The fraction of sp³-hybridized carbons (Fsp3) is 0.900. The predicted molar refractivity (Wildman–Crippen MR) is 51.1 cm³/mol. The average Bonchev–Trinajstić information content (AvgIpc) is 2.49. The summed E-state index contributed by atoms with van der Waals surface area (Å²) in [6, 6.07) is 0. The Hall–Kier alpha value is -0.610. The highest BCUT2D eigenvalue weighted by Gasteiger charge is 2.41. The zero-order chi connectivity index (χ0) is 10.0. The first-order valence-electron chi connectivity index (χ1n) is 5.27. The standard InChI is InChI=1S/C10H17NO3/c12-9(13)5-8-6-10(14-7-8)1-3-11-4-2-10/h8,11H,1-7H2,(H,12,13)/t8-/m0/s1. The number of aliphatic carboxylic acids is 1. The molecule has 0 saturated carbocycles. The van der Waals surface area contributed by atoms with Crippen molar-refractivity contribution in [3.63, 3.8) is 0 Å². The third-order valence-corrected chi connectivity index (χ3v) is 3.26. The lowest BCUT2D eigenvalue weighted by atomic mass is 9.85. The second-order valence-electron chi connectivity index (χ2n) is 4.41. The van der Waals surface area contributed by atoms with Gasteiger partial charge >= 0.3 is 5.97 Å². The van der Waals surface area contributed by atoms with E-state index in [4.69, 9.17) is 9.84 Å². The molecule has 14 heavy (non-hydrogen) atoms. The van der Waals surface area contributed by atoms with Crippen molar-refractivity contribution in [3.05, 3.63) is 0 Å². The van der Waals surface area contributed by atoms with Crippen LogP contribution in [0.4, 0.5) is 0 Å². The first-order valence-corrected chi connectivity index (χ1v) is 5.27. The van der Waals surface area contributed by atoms with Crippen LogP contribution in [0.1, 0.15) is 25.7 Å². The van der Waals surface area contributed by atoms with E-state index in [9.17, 15) is 4.79 Å². The summed E-state index contributed by atoms with van der Waals surface area (Å²) < 4.78 is 5.79. The summed E-state index contributed by atoms with van der Waals surface area (Å²) in [4.78, 5) is 10.6. The Kier molecular flexibility index (Phi) is 2.74. The van der Waals surface area contributed by atoms with E-state index in [2.05, 4.69) is 5.32 Å². The summed E-state index contributed by atoms with van der Waals surface area (Å²) in [5, 5.41) is 12.0. The maximum Gasteiger partial charge on any atom is 0.303 e. The molecule has 2 aliphatic heterocycles. The van der Waals surface area contributed by atoms with E-state index in [1.54, 1.807) is 0 Å². The zero-order valence-electron chi connectivity index (χ0n) is 8.29. The predicted octanol–water partition coefficient (Wildman–Crippen LogP) is 0.620. The molecule has 2 rings (SSSR count). The second kappa shape index (κ2) is 3.87. The van der Waals surface area contributed by atoms with Gasteiger partial charge in [-0.25, -0.2) is 0 Å². The highest BCUT2D eigenvalue weighted by atomic mass is 16.5. The summed E-state index contributed by atoms with van der Waals surface area (Å²) in [5.74, 6) is -0.477. The van der Waals surface area contributed by atoms with Crippen LogP contribution in [0, 0.1) is 5.92 Å². The molecule has 0 unspecified atom stereocenters. The number of piperidine rings is 1. The topological polar surface area (TPSA) is 58.6 Å². The van der Waals surface area contributed by atoms with Crippen LogP contribution in [-0.2, 0) is 9.53 Å². The fourth-order valence-electron chi connectivity index (χ4n) is 2.55. The molecule has 0 aromatic heterocycles. The van der Waals surface area contributed by atoms with Crippen LogP contribution in [0.3, 0.4) is 0 Å². The number of carbonyl (C=O) groups is 1. The Morgan fingerprint density at radius 1 is 1.50 bits per heavy atom. The van der Waals surface area contributed by atoms with Gasteiger partial charge in [-0.2, -0.15) is 0 Å². The molecular formula is C10H17NO3. The SMILES string of the molecule is O=C(O)C[C@@H]1COC2(CCNCC2)C1. The minimum Gasteiger partial charge on any atom is -0.481 e. The van der Waals surface area contributed by atoms with E-state index in [1.165, 1.54) is 0 Å². The summed E-state index contributed by atoms with van der Waals surface area (Å²) in [6.07, 6.45) is 3.25. The Morgan fingerprint density at radius 2 is 2.21 bits per heavy atom. The molecule has 0 aliphatic carbocycles. The van der Waals surface area contributed by atoms with Crippen molar-refractivity contribution >= 4 is 5.97 Å². The van der Waals surface area contributed by atoms with Gasteiger partial charge in [0.25, 0.3) is 0 Å². The fourth-order valence-corrected chi connectivity index (χ4v) is 2.55. The van der Waals surface area contributed by atoms with Crippen LogP contribution in [0.25, 0.3) is 0 Å². The van der Waals surface area contributed by atoms with Gasteiger partial charge < -0.3 is 15.2 Å². The van der Waals surface area contributed by atoms with Crippen LogP contribution in [-0.4, -0.2) is 36.4 Å². The van der Waals surface area contributed by atoms with Crippen molar-refractivity contribution in [1.82, 2.24) is 5.32 Å². The van der Waals surface area contributed by atoms with Crippen LogP contribution in [0.5, 0.6) is 0 Å². The molecule has 0 aromatic rings. The van der Waals surface area contributed by atoms with Gasteiger partial charge in [-0.15, -0.1) is 0 Å². The minimum atomic E-state index is -0.704. The Morgan fingerprint density at radius 3 is 2.86 bits per heavy atom. The molecule has 2 N–H and O–H groups in total. The number of rotatable bonds is 2. The molecule has 2 aliphatic rings. The quantitative estimate of drug-likeness (QED) is 0.684. The van der Waals surface area contributed by atoms with E-state index in [-0.39, 0.29) is 17.9 Å². The Balaban J connectivity index is 1.89. The molecule has 1 spiro atoms. The third kappa shape index (κ3) is 2.07. The highest BCUT2D eigenvalue weighted by molar-refractivity contribution is 5.67. The van der Waals surface area contributed by atoms with E-state index >= 15 is 0 Å². The van der Waals surface area contributed by atoms with E-state index in [0.717, 1.165) is 32.4 Å². The monoisotopic (exact) mass is 199 g/mol. The molecule has 4 heteroatoms. The van der Waals surface area contributed by atoms with Crippen LogP contribution in [0.2, 0.25) is 0 Å². The maximum atomic E-state index is 10.6. The largest absolute Gasteiger partial charge is 0.481 e. The average molecular weight is 199 g/mol. The van der Waals surface area contributed by atoms with Gasteiger partial charge in [0.15, 0.2) is 0 Å². The molecule has 80 valence electrons. The van der Waals surface area contributed by atoms with Crippen molar-refractivity contribution < 1.29 is 14.6 Å². The van der Waals surface area contributed by atoms with Crippen molar-refractivity contribution in [1.29, 1.82) is 0 Å². The van der Waals surface area contributed by atoms with Crippen LogP contribution in [0.15, 0.2) is 0 Å². The second-order valence-corrected chi connectivity index (χ2v) is 4.41. The van der Waals surface area contributed by atoms with Gasteiger partial charge in [0.1, 0.15) is 0 Å². The molecule has 0 amide bonds. The molecule has 2 saturated heterocycles. The van der Waals surface area contributed by atoms with Gasteiger partial charge in [-0.3, -0.25) is 4.79 Å². The summed E-state index contributed by atoms with van der Waals surface area (Å²) in [7, 11) is 0. The van der Waals surface area contributed by atoms with Gasteiger partial charge in [-0.1, -0.05) is 0 Å². The van der Waals surface area contributed by atoms with E-state index < -0.39 is 5.97 Å². The van der Waals surface area contributed by atoms with Crippen molar-refractivity contribution in [3.8, 4) is 0 Å². The number of hydrogen-bond donors (Lipinski definition) is 2. The van der Waals surface area contributed by atoms with Gasteiger partial charge in [-0.05, 0) is 38.3 Å². The van der Waals surface area contributed by atoms with E-state index in [0.29, 0.717) is 6.61 Å². The Labute approximate surface area is 83.6 Å². The lowest BCUT2D eigenvalue weighted by Crippen LogP contribution is -2.41. The summed E-state index contributed by atoms with van der Waals surface area (Å²) >= 11 is 0. The molecule has 0 bridgehead atoms. The van der Waals surface area contributed by atoms with Gasteiger partial charge in [0.05, 0.1) is 18.6 Å². The van der Waals surface area contributed by atoms with Crippen molar-refractivity contribution in [2.75, 3.05) is 19.7 Å². The van der Waals surface area contributed by atoms with Crippen LogP contribution < -0.4 is 5.32 Å². The number of nitrogens with one attached hydrogen (secondary N) is 1. The first-order chi connectivity index (χ1) is 6.70. The molecule has 1 atom stereocenters. The number of carboxylic acids is 1. The molecular weight excluding hydrogens is 182 g/mol. The summed E-state index contributed by atoms with van der Waals surface area (Å²) in [5.41, 5.74) is 0.00532. The lowest BCUT2D eigenvalue weighted by molar-refractivity contribution is -0.138. The molecule has 4 nitrogen and oxygen atoms in total. The van der Waals surface area contributed by atoms with E-state index in [1.807, 2.05) is 0 Å². The van der Waals surface area contributed by atoms with Crippen molar-refractivity contribution in [2.24, 2.45) is 5.92 Å². The lowest BCUT2D eigenvalue weighted by Gasteiger charge is -2.32. The highest BCUT2D eigenvalue weighted by Crippen LogP contribution is 2.38. The zero-order valence-corrected chi connectivity index (χ0v) is 8.29. The molecule has 0 radical (unpaired) electrons. The van der Waals surface area contributed by atoms with Crippen molar-refractivity contribution in [2.45, 2.75) is 31.3 Å². The van der Waals surface area contributed by atoms with Crippen LogP contribution >= 0.6 is 0 Å².